The van der Waals surface area contributed by atoms with Gasteiger partial charge in [-0.15, -0.1) is 0 Å². The number of carbonyl (C=O) groups is 1. The summed E-state index contributed by atoms with van der Waals surface area (Å²) in [7, 11) is 0. The molecule has 1 aromatic carbocycles. The normalized spacial score (nSPS) is 10.5. The second-order valence-corrected chi connectivity index (χ2v) is 4.10. The Morgan fingerprint density at radius 2 is 1.71 bits per heavy atom. The summed E-state index contributed by atoms with van der Waals surface area (Å²) >= 11 is 0. The Balaban J connectivity index is 0.00000169. The number of carboxylic acids is 1. The molecule has 1 aromatic rings. The van der Waals surface area contributed by atoms with Crippen molar-refractivity contribution in [3.05, 3.63) is 35.4 Å². The van der Waals surface area contributed by atoms with Crippen molar-refractivity contribution in [1.82, 2.24) is 0 Å². The van der Waals surface area contributed by atoms with Gasteiger partial charge in [-0.25, -0.2) is 4.79 Å². The minimum absolute atomic E-state index is 0. The SMILES string of the molecule is CC(C)(C)c1ccccc1C(=O)O.[Pb]. The fourth-order valence-electron chi connectivity index (χ4n) is 1.32. The summed E-state index contributed by atoms with van der Waals surface area (Å²) in [6.45, 7) is 6.03. The van der Waals surface area contributed by atoms with Crippen LogP contribution in [-0.4, -0.2) is 38.4 Å². The van der Waals surface area contributed by atoms with Crippen molar-refractivity contribution in [2.75, 3.05) is 0 Å². The third kappa shape index (κ3) is 3.08. The Morgan fingerprint density at radius 3 is 2.07 bits per heavy atom. The maximum atomic E-state index is 10.9. The largest absolute Gasteiger partial charge is 0.478 e. The van der Waals surface area contributed by atoms with Crippen molar-refractivity contribution < 1.29 is 9.90 Å². The van der Waals surface area contributed by atoms with Gasteiger partial charge in [-0.1, -0.05) is 39.0 Å². The molecule has 0 fully saturated rings. The molecular weight excluding hydrogens is 371 g/mol. The van der Waals surface area contributed by atoms with Gasteiger partial charge in [0.15, 0.2) is 0 Å². The standard InChI is InChI=1S/C11H14O2.Pb/c1-11(2,3)9-7-5-4-6-8(9)10(12)13;/h4-7H,1-3H3,(H,12,13);. The van der Waals surface area contributed by atoms with Crippen molar-refractivity contribution in [2.45, 2.75) is 26.2 Å². The van der Waals surface area contributed by atoms with E-state index >= 15 is 0 Å². The van der Waals surface area contributed by atoms with Crippen LogP contribution < -0.4 is 0 Å². The van der Waals surface area contributed by atoms with E-state index < -0.39 is 5.97 Å². The van der Waals surface area contributed by atoms with E-state index in [4.69, 9.17) is 5.11 Å². The first kappa shape index (κ1) is 13.6. The van der Waals surface area contributed by atoms with Gasteiger partial charge in [0.25, 0.3) is 0 Å². The molecular formula is C11H14O2Pb. The summed E-state index contributed by atoms with van der Waals surface area (Å²) in [6, 6.07) is 7.12. The molecule has 0 aliphatic heterocycles. The zero-order valence-electron chi connectivity index (χ0n) is 8.66. The summed E-state index contributed by atoms with van der Waals surface area (Å²) < 4.78 is 0. The molecule has 3 heteroatoms. The fraction of sp³-hybridized carbons (Fsp3) is 0.364. The molecule has 14 heavy (non-hydrogen) atoms. The molecule has 1 N–H and O–H groups in total. The number of hydrogen-bond acceptors (Lipinski definition) is 1. The van der Waals surface area contributed by atoms with Gasteiger partial charge in [-0.2, -0.15) is 0 Å². The third-order valence-corrected chi connectivity index (χ3v) is 1.97. The van der Waals surface area contributed by atoms with Gasteiger partial charge in [0.05, 0.1) is 5.56 Å². The Kier molecular flexibility index (Phi) is 4.77. The van der Waals surface area contributed by atoms with Crippen LogP contribution in [0.25, 0.3) is 0 Å². The zero-order valence-corrected chi connectivity index (χ0v) is 12.6. The van der Waals surface area contributed by atoms with E-state index in [1.165, 1.54) is 0 Å². The number of hydrogen-bond donors (Lipinski definition) is 1. The average Bonchev–Trinajstić information content (AvgIpc) is 2.03. The molecule has 0 aliphatic carbocycles. The molecule has 0 unspecified atom stereocenters. The minimum atomic E-state index is -0.856. The average molecular weight is 385 g/mol. The predicted octanol–water partition coefficient (Wildman–Crippen LogP) is 2.30. The molecule has 0 spiro atoms. The number of benzene rings is 1. The van der Waals surface area contributed by atoms with Crippen molar-refractivity contribution in [2.24, 2.45) is 0 Å². The maximum absolute atomic E-state index is 10.9. The number of carboxylic acid groups (broad SMARTS) is 1. The first-order chi connectivity index (χ1) is 5.93. The zero-order chi connectivity index (χ0) is 10.1. The van der Waals surface area contributed by atoms with Crippen LogP contribution >= 0.6 is 0 Å². The fourth-order valence-corrected chi connectivity index (χ4v) is 1.32. The topological polar surface area (TPSA) is 37.3 Å². The second kappa shape index (κ2) is 4.91. The van der Waals surface area contributed by atoms with Crippen LogP contribution in [0.2, 0.25) is 0 Å². The molecule has 74 valence electrons. The third-order valence-electron chi connectivity index (χ3n) is 1.97. The summed E-state index contributed by atoms with van der Waals surface area (Å²) in [5.74, 6) is -0.856. The van der Waals surface area contributed by atoms with E-state index in [2.05, 4.69) is 0 Å². The molecule has 0 atom stereocenters. The van der Waals surface area contributed by atoms with Gasteiger partial charge in [-0.3, -0.25) is 0 Å². The Labute approximate surface area is 104 Å². The van der Waals surface area contributed by atoms with Gasteiger partial charge in [0.2, 0.25) is 0 Å². The van der Waals surface area contributed by atoms with E-state index in [1.807, 2.05) is 32.9 Å². The number of rotatable bonds is 1. The molecule has 0 amide bonds. The molecule has 0 heterocycles. The van der Waals surface area contributed by atoms with E-state index in [1.54, 1.807) is 12.1 Å². The van der Waals surface area contributed by atoms with Crippen LogP contribution in [0.15, 0.2) is 24.3 Å². The van der Waals surface area contributed by atoms with Crippen molar-refractivity contribution in [3.8, 4) is 0 Å². The molecule has 0 aliphatic rings. The summed E-state index contributed by atoms with van der Waals surface area (Å²) in [6.07, 6.45) is 0. The molecule has 0 saturated heterocycles. The van der Waals surface area contributed by atoms with Crippen LogP contribution in [0.3, 0.4) is 0 Å². The molecule has 4 radical (unpaired) electrons. The summed E-state index contributed by atoms with van der Waals surface area (Å²) in [5, 5.41) is 8.93. The van der Waals surface area contributed by atoms with Crippen LogP contribution in [0.4, 0.5) is 0 Å². The summed E-state index contributed by atoms with van der Waals surface area (Å²) in [5.41, 5.74) is 1.16. The molecule has 0 saturated carbocycles. The Morgan fingerprint density at radius 1 is 1.21 bits per heavy atom. The quantitative estimate of drug-likeness (QED) is 0.754. The van der Waals surface area contributed by atoms with Crippen LogP contribution in [0, 0.1) is 0 Å². The molecule has 1 rings (SSSR count). The van der Waals surface area contributed by atoms with Crippen LogP contribution in [0.5, 0.6) is 0 Å². The smallest absolute Gasteiger partial charge is 0.335 e. The first-order valence-corrected chi connectivity index (χ1v) is 4.26. The predicted molar refractivity (Wildman–Crippen MR) is 57.9 cm³/mol. The first-order valence-electron chi connectivity index (χ1n) is 4.26. The van der Waals surface area contributed by atoms with Crippen LogP contribution in [-0.2, 0) is 5.41 Å². The van der Waals surface area contributed by atoms with E-state index in [9.17, 15) is 4.79 Å². The van der Waals surface area contributed by atoms with Gasteiger partial charge in [0, 0.05) is 27.3 Å². The van der Waals surface area contributed by atoms with Crippen molar-refractivity contribution in [1.29, 1.82) is 0 Å². The van der Waals surface area contributed by atoms with Gasteiger partial charge in [0.1, 0.15) is 0 Å². The molecule has 2 nitrogen and oxygen atoms in total. The van der Waals surface area contributed by atoms with E-state index in [0.717, 1.165) is 5.56 Å². The summed E-state index contributed by atoms with van der Waals surface area (Å²) in [4.78, 5) is 10.9. The van der Waals surface area contributed by atoms with Crippen molar-refractivity contribution >= 4 is 33.3 Å². The monoisotopic (exact) mass is 386 g/mol. The van der Waals surface area contributed by atoms with Crippen molar-refractivity contribution in [3.63, 3.8) is 0 Å². The Hall–Kier alpha value is -0.388. The van der Waals surface area contributed by atoms with E-state index in [-0.39, 0.29) is 32.7 Å². The van der Waals surface area contributed by atoms with E-state index in [0.29, 0.717) is 5.56 Å². The minimum Gasteiger partial charge on any atom is -0.478 e. The maximum Gasteiger partial charge on any atom is 0.335 e. The van der Waals surface area contributed by atoms with Gasteiger partial charge < -0.3 is 5.11 Å². The second-order valence-electron chi connectivity index (χ2n) is 4.10. The van der Waals surface area contributed by atoms with Crippen LogP contribution in [0.1, 0.15) is 36.7 Å². The molecule has 0 aromatic heterocycles. The van der Waals surface area contributed by atoms with Gasteiger partial charge >= 0.3 is 5.97 Å². The number of aromatic carboxylic acids is 1. The Bertz CT molecular complexity index is 326. The molecule has 0 bridgehead atoms. The van der Waals surface area contributed by atoms with Gasteiger partial charge in [-0.05, 0) is 17.0 Å².